The molecule has 1 N–H and O–H groups in total. The highest BCUT2D eigenvalue weighted by molar-refractivity contribution is 5.76. The lowest BCUT2D eigenvalue weighted by molar-refractivity contribution is 0.198. The van der Waals surface area contributed by atoms with Crippen molar-refractivity contribution in [2.24, 2.45) is 0 Å². The number of ether oxygens (including phenoxy) is 4. The van der Waals surface area contributed by atoms with Crippen LogP contribution in [0.25, 0.3) is 11.0 Å². The smallest absolute Gasteiger partial charge is 0.414 e. The van der Waals surface area contributed by atoms with Gasteiger partial charge in [-0.25, -0.2) is 9.78 Å². The number of hydrogen-bond acceptors (Lipinski definition) is 7. The number of pyridine rings is 2. The quantitative estimate of drug-likeness (QED) is 0.714. The van der Waals surface area contributed by atoms with Crippen LogP contribution in [0.2, 0.25) is 0 Å². The molecule has 140 valence electrons. The summed E-state index contributed by atoms with van der Waals surface area (Å²) in [5, 5.41) is 3.52. The first-order valence-electron chi connectivity index (χ1n) is 8.11. The van der Waals surface area contributed by atoms with Crippen LogP contribution < -0.4 is 24.3 Å². The number of carbonyl (C=O) groups excluding carboxylic acids is 1. The Hall–Kier alpha value is -3.55. The Morgan fingerprint density at radius 1 is 1.04 bits per heavy atom. The van der Waals surface area contributed by atoms with E-state index < -0.39 is 6.09 Å². The van der Waals surface area contributed by atoms with Crippen LogP contribution in [0.5, 0.6) is 23.1 Å². The van der Waals surface area contributed by atoms with E-state index in [-0.39, 0.29) is 12.4 Å². The Balaban J connectivity index is 1.71. The SMILES string of the molecule is COc1cc(OC)c(CNC(=O)Oc2ccc3cccnc3n2)c(OC)c1. The summed E-state index contributed by atoms with van der Waals surface area (Å²) in [6, 6.07) is 10.5. The van der Waals surface area contributed by atoms with E-state index in [1.165, 1.54) is 14.2 Å². The van der Waals surface area contributed by atoms with Gasteiger partial charge in [0.1, 0.15) is 17.2 Å². The van der Waals surface area contributed by atoms with Crippen molar-refractivity contribution in [1.29, 1.82) is 0 Å². The van der Waals surface area contributed by atoms with Gasteiger partial charge in [-0.05, 0) is 18.2 Å². The summed E-state index contributed by atoms with van der Waals surface area (Å²) >= 11 is 0. The molecule has 0 aliphatic heterocycles. The Morgan fingerprint density at radius 2 is 1.78 bits per heavy atom. The standard InChI is InChI=1S/C19H19N3O5/c1-24-13-9-15(25-2)14(16(10-13)26-3)11-21-19(23)27-17-7-6-12-5-4-8-20-18(12)22-17/h4-10H,11H2,1-3H3,(H,21,23). The van der Waals surface area contributed by atoms with Crippen LogP contribution in [0, 0.1) is 0 Å². The van der Waals surface area contributed by atoms with E-state index >= 15 is 0 Å². The van der Waals surface area contributed by atoms with Crippen LogP contribution in [0.15, 0.2) is 42.6 Å². The number of aromatic nitrogens is 2. The Labute approximate surface area is 156 Å². The maximum atomic E-state index is 12.1. The highest BCUT2D eigenvalue weighted by Gasteiger charge is 2.15. The molecule has 0 saturated carbocycles. The molecule has 3 rings (SSSR count). The fraction of sp³-hybridized carbons (Fsp3) is 0.211. The topological polar surface area (TPSA) is 91.8 Å². The molecule has 8 heteroatoms. The second kappa shape index (κ2) is 8.22. The van der Waals surface area contributed by atoms with Crippen LogP contribution in [0.3, 0.4) is 0 Å². The maximum absolute atomic E-state index is 12.1. The van der Waals surface area contributed by atoms with E-state index in [1.54, 1.807) is 37.6 Å². The normalized spacial score (nSPS) is 10.3. The zero-order valence-electron chi connectivity index (χ0n) is 15.2. The molecule has 0 fully saturated rings. The van der Waals surface area contributed by atoms with E-state index in [4.69, 9.17) is 18.9 Å². The first kappa shape index (κ1) is 18.2. The molecule has 1 amide bonds. The zero-order chi connectivity index (χ0) is 19.2. The number of rotatable bonds is 6. The number of nitrogens with one attached hydrogen (secondary N) is 1. The molecule has 0 saturated heterocycles. The minimum absolute atomic E-state index is 0.140. The zero-order valence-corrected chi connectivity index (χ0v) is 15.2. The Kier molecular flexibility index (Phi) is 5.55. The van der Waals surface area contributed by atoms with Crippen molar-refractivity contribution < 1.29 is 23.7 Å². The molecule has 0 radical (unpaired) electrons. The largest absolute Gasteiger partial charge is 0.496 e. The average molecular weight is 369 g/mol. The average Bonchev–Trinajstić information content (AvgIpc) is 2.71. The predicted molar refractivity (Wildman–Crippen MR) is 98.5 cm³/mol. The predicted octanol–water partition coefficient (Wildman–Crippen LogP) is 2.94. The van der Waals surface area contributed by atoms with Crippen LogP contribution in [0.1, 0.15) is 5.56 Å². The van der Waals surface area contributed by atoms with Crippen LogP contribution in [-0.2, 0) is 6.54 Å². The maximum Gasteiger partial charge on any atom is 0.414 e. The first-order valence-corrected chi connectivity index (χ1v) is 8.11. The molecule has 3 aromatic rings. The second-order valence-electron chi connectivity index (χ2n) is 5.45. The molecule has 0 aliphatic carbocycles. The van der Waals surface area contributed by atoms with Crippen molar-refractivity contribution in [2.75, 3.05) is 21.3 Å². The van der Waals surface area contributed by atoms with E-state index in [9.17, 15) is 4.79 Å². The van der Waals surface area contributed by atoms with E-state index in [0.717, 1.165) is 5.39 Å². The number of nitrogens with zero attached hydrogens (tertiary/aromatic N) is 2. The molecule has 1 aromatic carbocycles. The van der Waals surface area contributed by atoms with Gasteiger partial charge in [-0.2, -0.15) is 4.98 Å². The van der Waals surface area contributed by atoms with E-state index in [1.807, 2.05) is 12.1 Å². The van der Waals surface area contributed by atoms with E-state index in [2.05, 4.69) is 15.3 Å². The van der Waals surface area contributed by atoms with Crippen LogP contribution in [0.4, 0.5) is 4.79 Å². The number of carbonyl (C=O) groups is 1. The van der Waals surface area contributed by atoms with Crippen LogP contribution >= 0.6 is 0 Å². The highest BCUT2D eigenvalue weighted by Crippen LogP contribution is 2.33. The van der Waals surface area contributed by atoms with Gasteiger partial charge < -0.3 is 24.3 Å². The third kappa shape index (κ3) is 4.17. The van der Waals surface area contributed by atoms with Gasteiger partial charge in [0.25, 0.3) is 0 Å². The fourth-order valence-corrected chi connectivity index (χ4v) is 2.54. The summed E-state index contributed by atoms with van der Waals surface area (Å²) in [5.74, 6) is 1.80. The molecule has 0 atom stereocenters. The molecular formula is C19H19N3O5. The first-order chi connectivity index (χ1) is 13.1. The minimum Gasteiger partial charge on any atom is -0.496 e. The Bertz CT molecular complexity index is 936. The summed E-state index contributed by atoms with van der Waals surface area (Å²) in [7, 11) is 4.61. The molecule has 27 heavy (non-hydrogen) atoms. The lowest BCUT2D eigenvalue weighted by atomic mass is 10.1. The van der Waals surface area contributed by atoms with Crippen molar-refractivity contribution >= 4 is 17.1 Å². The van der Waals surface area contributed by atoms with Gasteiger partial charge in [0.15, 0.2) is 5.65 Å². The fourth-order valence-electron chi connectivity index (χ4n) is 2.54. The molecule has 0 bridgehead atoms. The molecule has 0 unspecified atom stereocenters. The van der Waals surface area contributed by atoms with Gasteiger partial charge in [-0.1, -0.05) is 0 Å². The molecular weight excluding hydrogens is 350 g/mol. The highest BCUT2D eigenvalue weighted by atomic mass is 16.6. The molecule has 2 heterocycles. The van der Waals surface area contributed by atoms with E-state index in [0.29, 0.717) is 28.5 Å². The Morgan fingerprint density at radius 3 is 2.44 bits per heavy atom. The summed E-state index contributed by atoms with van der Waals surface area (Å²) in [5.41, 5.74) is 1.16. The van der Waals surface area contributed by atoms with Crippen molar-refractivity contribution in [3.05, 3.63) is 48.2 Å². The summed E-state index contributed by atoms with van der Waals surface area (Å²) in [4.78, 5) is 20.5. The molecule has 0 aliphatic rings. The molecule has 8 nitrogen and oxygen atoms in total. The summed E-state index contributed by atoms with van der Waals surface area (Å²) in [6.45, 7) is 0.140. The van der Waals surface area contributed by atoms with Gasteiger partial charge in [-0.3, -0.25) is 0 Å². The van der Waals surface area contributed by atoms with Gasteiger partial charge in [0, 0.05) is 29.8 Å². The van der Waals surface area contributed by atoms with Crippen molar-refractivity contribution in [1.82, 2.24) is 15.3 Å². The monoisotopic (exact) mass is 369 g/mol. The lowest BCUT2D eigenvalue weighted by Gasteiger charge is -2.15. The van der Waals surface area contributed by atoms with Crippen molar-refractivity contribution in [2.45, 2.75) is 6.54 Å². The third-order valence-electron chi connectivity index (χ3n) is 3.86. The number of fused-ring (bicyclic) bond motifs is 1. The lowest BCUT2D eigenvalue weighted by Crippen LogP contribution is -2.27. The van der Waals surface area contributed by atoms with Crippen LogP contribution in [-0.4, -0.2) is 37.4 Å². The van der Waals surface area contributed by atoms with Gasteiger partial charge in [-0.15, -0.1) is 0 Å². The van der Waals surface area contributed by atoms with Gasteiger partial charge >= 0.3 is 6.09 Å². The third-order valence-corrected chi connectivity index (χ3v) is 3.86. The number of hydrogen-bond donors (Lipinski definition) is 1. The molecule has 0 spiro atoms. The summed E-state index contributed by atoms with van der Waals surface area (Å²) in [6.07, 6.45) is 0.972. The van der Waals surface area contributed by atoms with Crippen molar-refractivity contribution in [3.8, 4) is 23.1 Å². The number of methoxy groups -OCH3 is 3. The molecule has 2 aromatic heterocycles. The number of benzene rings is 1. The minimum atomic E-state index is -0.655. The van der Waals surface area contributed by atoms with Crippen molar-refractivity contribution in [3.63, 3.8) is 0 Å². The van der Waals surface area contributed by atoms with Gasteiger partial charge in [0.05, 0.1) is 33.4 Å². The number of amides is 1. The second-order valence-corrected chi connectivity index (χ2v) is 5.45. The van der Waals surface area contributed by atoms with Gasteiger partial charge in [0.2, 0.25) is 5.88 Å². The summed E-state index contributed by atoms with van der Waals surface area (Å²) < 4.78 is 21.1.